The third-order valence-electron chi connectivity index (χ3n) is 2.18. The molecule has 1 aromatic rings. The highest BCUT2D eigenvalue weighted by molar-refractivity contribution is 5.50. The summed E-state index contributed by atoms with van der Waals surface area (Å²) in [5.41, 5.74) is 2.24. The van der Waals surface area contributed by atoms with Crippen molar-refractivity contribution in [2.24, 2.45) is 5.90 Å². The van der Waals surface area contributed by atoms with Crippen LogP contribution in [0.15, 0.2) is 12.1 Å². The number of aryl methyl sites for hydroxylation is 1. The van der Waals surface area contributed by atoms with Crippen molar-refractivity contribution in [1.29, 1.82) is 0 Å². The highest BCUT2D eigenvalue weighted by Crippen LogP contribution is 2.36. The summed E-state index contributed by atoms with van der Waals surface area (Å²) < 4.78 is 10.7. The molecule has 0 aromatic heterocycles. The second-order valence-electron chi connectivity index (χ2n) is 3.28. The van der Waals surface area contributed by atoms with Gasteiger partial charge in [0.15, 0.2) is 11.5 Å². The van der Waals surface area contributed by atoms with Gasteiger partial charge < -0.3 is 14.3 Å². The first kappa shape index (κ1) is 9.30. The quantitative estimate of drug-likeness (QED) is 0.735. The van der Waals surface area contributed by atoms with Crippen molar-refractivity contribution in [2.75, 3.05) is 13.4 Å². The smallest absolute Gasteiger partial charge is 0.231 e. The maximum Gasteiger partial charge on any atom is 0.231 e. The average molecular weight is 195 g/mol. The predicted octanol–water partition coefficient (Wildman–Crippen LogP) is 1.16. The number of ether oxygens (including phenoxy) is 2. The molecule has 0 amide bonds. The molecule has 1 heterocycles. The molecule has 0 fully saturated rings. The minimum absolute atomic E-state index is 0.301. The second kappa shape index (κ2) is 3.86. The van der Waals surface area contributed by atoms with E-state index in [-0.39, 0.29) is 0 Å². The van der Waals surface area contributed by atoms with Gasteiger partial charge in [-0.25, -0.2) is 5.90 Å². The van der Waals surface area contributed by atoms with Gasteiger partial charge in [0.2, 0.25) is 6.79 Å². The third-order valence-corrected chi connectivity index (χ3v) is 2.18. The summed E-state index contributed by atoms with van der Waals surface area (Å²) in [7, 11) is 0. The number of fused-ring (bicyclic) bond motifs is 1. The largest absolute Gasteiger partial charge is 0.454 e. The Kier molecular flexibility index (Phi) is 2.56. The molecule has 0 spiro atoms. The first-order valence-electron chi connectivity index (χ1n) is 4.52. The van der Waals surface area contributed by atoms with Crippen LogP contribution in [0.5, 0.6) is 11.5 Å². The highest BCUT2D eigenvalue weighted by Gasteiger charge is 2.17. The van der Waals surface area contributed by atoms with E-state index in [2.05, 4.69) is 10.9 Å². The summed E-state index contributed by atoms with van der Waals surface area (Å²) in [6.45, 7) is 2.81. The summed E-state index contributed by atoms with van der Waals surface area (Å²) >= 11 is 0. The van der Waals surface area contributed by atoms with Crippen LogP contribution in [-0.2, 0) is 11.3 Å². The Morgan fingerprint density at radius 2 is 2.29 bits per heavy atom. The van der Waals surface area contributed by atoms with E-state index in [4.69, 9.17) is 15.4 Å². The van der Waals surface area contributed by atoms with E-state index in [1.165, 1.54) is 0 Å². The SMILES string of the molecule is Cc1cc(CCON)c2c(c1)OCO2. The van der Waals surface area contributed by atoms with E-state index in [0.717, 1.165) is 29.0 Å². The Morgan fingerprint density at radius 3 is 3.07 bits per heavy atom. The standard InChI is InChI=1S/C10H13NO3/c1-7-4-8(2-3-14-11)10-9(5-7)12-6-13-10/h4-5H,2-3,6,11H2,1H3. The zero-order chi connectivity index (χ0) is 9.97. The molecule has 0 saturated carbocycles. The Hall–Kier alpha value is -1.26. The molecular formula is C10H13NO3. The van der Waals surface area contributed by atoms with Crippen molar-refractivity contribution < 1.29 is 14.3 Å². The zero-order valence-electron chi connectivity index (χ0n) is 8.08. The minimum atomic E-state index is 0.301. The fourth-order valence-corrected chi connectivity index (χ4v) is 1.59. The van der Waals surface area contributed by atoms with Gasteiger partial charge in [-0.1, -0.05) is 6.07 Å². The van der Waals surface area contributed by atoms with Gasteiger partial charge >= 0.3 is 0 Å². The molecule has 0 saturated heterocycles. The van der Waals surface area contributed by atoms with Crippen molar-refractivity contribution in [3.8, 4) is 11.5 Å². The number of rotatable bonds is 3. The maximum absolute atomic E-state index is 5.36. The summed E-state index contributed by atoms with van der Waals surface area (Å²) in [6, 6.07) is 4.03. The number of nitrogens with two attached hydrogens (primary N) is 1. The number of benzene rings is 1. The summed E-state index contributed by atoms with van der Waals surface area (Å²) in [5.74, 6) is 6.63. The summed E-state index contributed by atoms with van der Waals surface area (Å²) in [6.07, 6.45) is 0.740. The van der Waals surface area contributed by atoms with Gasteiger partial charge in [0.25, 0.3) is 0 Å². The topological polar surface area (TPSA) is 53.7 Å². The maximum atomic E-state index is 5.36. The molecule has 0 unspecified atom stereocenters. The highest BCUT2D eigenvalue weighted by atomic mass is 16.7. The van der Waals surface area contributed by atoms with Crippen LogP contribution < -0.4 is 15.4 Å². The van der Waals surface area contributed by atoms with Gasteiger partial charge in [-0.15, -0.1) is 0 Å². The molecule has 0 radical (unpaired) electrons. The predicted molar refractivity (Wildman–Crippen MR) is 51.1 cm³/mol. The molecule has 14 heavy (non-hydrogen) atoms. The van der Waals surface area contributed by atoms with E-state index >= 15 is 0 Å². The van der Waals surface area contributed by atoms with Gasteiger partial charge in [0, 0.05) is 12.0 Å². The Labute approximate surface area is 82.5 Å². The summed E-state index contributed by atoms with van der Waals surface area (Å²) in [5, 5.41) is 0. The molecule has 76 valence electrons. The monoisotopic (exact) mass is 195 g/mol. The lowest BCUT2D eigenvalue weighted by Gasteiger charge is -2.06. The van der Waals surface area contributed by atoms with Crippen LogP contribution in [0.2, 0.25) is 0 Å². The van der Waals surface area contributed by atoms with Crippen LogP contribution in [-0.4, -0.2) is 13.4 Å². The Bertz CT molecular complexity index is 338. The van der Waals surface area contributed by atoms with Crippen molar-refractivity contribution >= 4 is 0 Å². The number of hydrogen-bond donors (Lipinski definition) is 1. The van der Waals surface area contributed by atoms with Crippen LogP contribution in [0, 0.1) is 6.92 Å². The van der Waals surface area contributed by atoms with E-state index < -0.39 is 0 Å². The molecule has 4 nitrogen and oxygen atoms in total. The molecule has 1 aromatic carbocycles. The minimum Gasteiger partial charge on any atom is -0.454 e. The first-order valence-corrected chi connectivity index (χ1v) is 4.52. The van der Waals surface area contributed by atoms with Crippen LogP contribution in [0.25, 0.3) is 0 Å². The van der Waals surface area contributed by atoms with Crippen molar-refractivity contribution in [2.45, 2.75) is 13.3 Å². The average Bonchev–Trinajstić information content (AvgIpc) is 2.61. The molecule has 1 aliphatic heterocycles. The molecule has 4 heteroatoms. The molecule has 0 atom stereocenters. The molecule has 0 aliphatic carbocycles. The van der Waals surface area contributed by atoms with Crippen molar-refractivity contribution in [1.82, 2.24) is 0 Å². The van der Waals surface area contributed by atoms with Gasteiger partial charge in [0.1, 0.15) is 0 Å². The number of hydrogen-bond acceptors (Lipinski definition) is 4. The van der Waals surface area contributed by atoms with Gasteiger partial charge in [-0.05, 0) is 18.6 Å². The van der Waals surface area contributed by atoms with E-state index in [0.29, 0.717) is 13.4 Å². The van der Waals surface area contributed by atoms with Crippen LogP contribution in [0.3, 0.4) is 0 Å². The summed E-state index contributed by atoms with van der Waals surface area (Å²) in [4.78, 5) is 4.55. The van der Waals surface area contributed by atoms with Gasteiger partial charge in [0.05, 0.1) is 6.61 Å². The van der Waals surface area contributed by atoms with Crippen molar-refractivity contribution in [3.63, 3.8) is 0 Å². The molecule has 2 N–H and O–H groups in total. The molecule has 0 bridgehead atoms. The van der Waals surface area contributed by atoms with Crippen LogP contribution in [0.4, 0.5) is 0 Å². The zero-order valence-corrected chi connectivity index (χ0v) is 8.08. The lowest BCUT2D eigenvalue weighted by atomic mass is 10.1. The fraction of sp³-hybridized carbons (Fsp3) is 0.400. The van der Waals surface area contributed by atoms with Crippen molar-refractivity contribution in [3.05, 3.63) is 23.3 Å². The van der Waals surface area contributed by atoms with Gasteiger partial charge in [-0.3, -0.25) is 0 Å². The third kappa shape index (κ3) is 1.66. The molecular weight excluding hydrogens is 182 g/mol. The molecule has 2 rings (SSSR count). The first-order chi connectivity index (χ1) is 6.81. The lowest BCUT2D eigenvalue weighted by Crippen LogP contribution is -2.04. The van der Waals surface area contributed by atoms with Gasteiger partial charge in [-0.2, -0.15) is 0 Å². The fourth-order valence-electron chi connectivity index (χ4n) is 1.59. The molecule has 1 aliphatic rings. The van der Waals surface area contributed by atoms with E-state index in [1.807, 2.05) is 13.0 Å². The van der Waals surface area contributed by atoms with Crippen LogP contribution >= 0.6 is 0 Å². The Balaban J connectivity index is 2.29. The van der Waals surface area contributed by atoms with E-state index in [1.54, 1.807) is 0 Å². The second-order valence-corrected chi connectivity index (χ2v) is 3.28. The lowest BCUT2D eigenvalue weighted by molar-refractivity contribution is 0.139. The normalized spacial score (nSPS) is 13.3. The van der Waals surface area contributed by atoms with Crippen LogP contribution in [0.1, 0.15) is 11.1 Å². The van der Waals surface area contributed by atoms with E-state index in [9.17, 15) is 0 Å². The Morgan fingerprint density at radius 1 is 1.43 bits per heavy atom.